The highest BCUT2D eigenvalue weighted by molar-refractivity contribution is 5.60. The van der Waals surface area contributed by atoms with E-state index in [0.29, 0.717) is 6.04 Å². The molecule has 100 valence electrons. The van der Waals surface area contributed by atoms with Crippen molar-refractivity contribution < 1.29 is 0 Å². The molecule has 2 atom stereocenters. The van der Waals surface area contributed by atoms with Crippen LogP contribution in [0.2, 0.25) is 0 Å². The van der Waals surface area contributed by atoms with Crippen molar-refractivity contribution in [2.75, 3.05) is 24.3 Å². The van der Waals surface area contributed by atoms with E-state index in [1.54, 1.807) is 0 Å². The van der Waals surface area contributed by atoms with Crippen molar-refractivity contribution in [3.8, 4) is 0 Å². The molecule has 1 aromatic rings. The van der Waals surface area contributed by atoms with Gasteiger partial charge in [0.05, 0.1) is 0 Å². The van der Waals surface area contributed by atoms with E-state index in [1.807, 2.05) is 0 Å². The van der Waals surface area contributed by atoms with Crippen LogP contribution >= 0.6 is 0 Å². The molecule has 0 heterocycles. The summed E-state index contributed by atoms with van der Waals surface area (Å²) in [7, 11) is 4.18. The van der Waals surface area contributed by atoms with Gasteiger partial charge in [0.2, 0.25) is 0 Å². The zero-order chi connectivity index (χ0) is 13.1. The molecule has 1 saturated carbocycles. The van der Waals surface area contributed by atoms with E-state index in [1.165, 1.54) is 42.6 Å². The molecule has 0 aromatic heterocycles. The monoisotopic (exact) mass is 246 g/mol. The van der Waals surface area contributed by atoms with Crippen molar-refractivity contribution in [2.24, 2.45) is 5.92 Å². The first-order valence-electron chi connectivity index (χ1n) is 7.14. The van der Waals surface area contributed by atoms with E-state index < -0.39 is 0 Å². The largest absolute Gasteiger partial charge is 0.382 e. The fourth-order valence-electron chi connectivity index (χ4n) is 2.88. The van der Waals surface area contributed by atoms with Crippen LogP contribution in [0.3, 0.4) is 0 Å². The molecule has 1 fully saturated rings. The average Bonchev–Trinajstić information content (AvgIpc) is 2.79. The van der Waals surface area contributed by atoms with Gasteiger partial charge in [-0.25, -0.2) is 0 Å². The molecule has 1 aromatic carbocycles. The molecule has 0 aliphatic heterocycles. The maximum atomic E-state index is 3.72. The van der Waals surface area contributed by atoms with Gasteiger partial charge in [0.15, 0.2) is 0 Å². The molecular formula is C16H26N2. The Hall–Kier alpha value is -1.18. The lowest BCUT2D eigenvalue weighted by Crippen LogP contribution is -2.16. The average molecular weight is 246 g/mol. The molecule has 0 bridgehead atoms. The predicted molar refractivity (Wildman–Crippen MR) is 80.5 cm³/mol. The lowest BCUT2D eigenvalue weighted by molar-refractivity contribution is 0.525. The van der Waals surface area contributed by atoms with Gasteiger partial charge >= 0.3 is 0 Å². The molecule has 1 aliphatic carbocycles. The predicted octanol–water partition coefficient (Wildman–Crippen LogP) is 4.05. The van der Waals surface area contributed by atoms with E-state index in [-0.39, 0.29) is 0 Å². The van der Waals surface area contributed by atoms with E-state index in [4.69, 9.17) is 0 Å². The minimum absolute atomic E-state index is 0.679. The number of nitrogens with zero attached hydrogens (tertiary/aromatic N) is 1. The van der Waals surface area contributed by atoms with Gasteiger partial charge in [0, 0.05) is 31.5 Å². The van der Waals surface area contributed by atoms with Crippen LogP contribution < -0.4 is 10.2 Å². The van der Waals surface area contributed by atoms with Gasteiger partial charge in [0.25, 0.3) is 0 Å². The Labute approximate surface area is 111 Å². The summed E-state index contributed by atoms with van der Waals surface area (Å²) in [6.45, 7) is 4.51. The van der Waals surface area contributed by atoms with Crippen molar-refractivity contribution in [1.29, 1.82) is 0 Å². The molecule has 1 N–H and O–H groups in total. The first-order valence-corrected chi connectivity index (χ1v) is 7.14. The number of anilines is 2. The number of hydrogen-bond acceptors (Lipinski definition) is 2. The van der Waals surface area contributed by atoms with Crippen LogP contribution in [0.5, 0.6) is 0 Å². The van der Waals surface area contributed by atoms with Gasteiger partial charge in [-0.3, -0.25) is 0 Å². The Kier molecular flexibility index (Phi) is 4.15. The van der Waals surface area contributed by atoms with Gasteiger partial charge < -0.3 is 10.2 Å². The number of rotatable bonds is 4. The Morgan fingerprint density at radius 1 is 1.28 bits per heavy atom. The minimum Gasteiger partial charge on any atom is -0.382 e. The summed E-state index contributed by atoms with van der Waals surface area (Å²) in [5, 5.41) is 3.72. The molecule has 0 saturated heterocycles. The van der Waals surface area contributed by atoms with Crippen LogP contribution in [0.4, 0.5) is 11.4 Å². The summed E-state index contributed by atoms with van der Waals surface area (Å²) in [5.74, 6) is 0.934. The third-order valence-electron chi connectivity index (χ3n) is 4.20. The van der Waals surface area contributed by atoms with Crippen LogP contribution in [0.15, 0.2) is 18.2 Å². The van der Waals surface area contributed by atoms with Crippen molar-refractivity contribution in [1.82, 2.24) is 0 Å². The number of hydrogen-bond donors (Lipinski definition) is 1. The van der Waals surface area contributed by atoms with E-state index >= 15 is 0 Å². The van der Waals surface area contributed by atoms with Crippen LogP contribution in [0.1, 0.15) is 38.2 Å². The molecule has 2 heteroatoms. The second-order valence-corrected chi connectivity index (χ2v) is 5.82. The Morgan fingerprint density at radius 2 is 2.06 bits per heavy atom. The van der Waals surface area contributed by atoms with Crippen molar-refractivity contribution in [3.63, 3.8) is 0 Å². The van der Waals surface area contributed by atoms with Crippen LogP contribution in [-0.2, 0) is 0 Å². The molecule has 2 nitrogen and oxygen atoms in total. The molecule has 0 spiro atoms. The summed E-state index contributed by atoms with van der Waals surface area (Å²) < 4.78 is 0. The molecule has 18 heavy (non-hydrogen) atoms. The zero-order valence-corrected chi connectivity index (χ0v) is 12.2. The zero-order valence-electron chi connectivity index (χ0n) is 12.2. The van der Waals surface area contributed by atoms with Gasteiger partial charge in [-0.15, -0.1) is 0 Å². The molecule has 0 amide bonds. The fraction of sp³-hybridized carbons (Fsp3) is 0.625. The standard InChI is InChI=1S/C16H26N2/c1-5-13-6-7-14(11-13)17-16-9-8-15(18(3)4)10-12(16)2/h8-10,13-14,17H,5-7,11H2,1-4H3. The molecule has 2 unspecified atom stereocenters. The quantitative estimate of drug-likeness (QED) is 0.862. The van der Waals surface area contributed by atoms with Gasteiger partial charge in [-0.1, -0.05) is 13.3 Å². The maximum Gasteiger partial charge on any atom is 0.0373 e. The number of nitrogens with one attached hydrogen (secondary N) is 1. The highest BCUT2D eigenvalue weighted by Gasteiger charge is 2.23. The van der Waals surface area contributed by atoms with Gasteiger partial charge in [-0.2, -0.15) is 0 Å². The van der Waals surface area contributed by atoms with Gasteiger partial charge in [0.1, 0.15) is 0 Å². The third kappa shape index (κ3) is 2.98. The highest BCUT2D eigenvalue weighted by atomic mass is 15.1. The molecular weight excluding hydrogens is 220 g/mol. The molecule has 1 aliphatic rings. The Morgan fingerprint density at radius 3 is 2.61 bits per heavy atom. The summed E-state index contributed by atoms with van der Waals surface area (Å²) in [6, 6.07) is 7.36. The van der Waals surface area contributed by atoms with E-state index in [2.05, 4.69) is 56.4 Å². The third-order valence-corrected chi connectivity index (χ3v) is 4.20. The number of benzene rings is 1. The van der Waals surface area contributed by atoms with E-state index in [0.717, 1.165) is 5.92 Å². The normalized spacial score (nSPS) is 23.1. The second-order valence-electron chi connectivity index (χ2n) is 5.82. The first-order chi connectivity index (χ1) is 8.60. The fourth-order valence-corrected chi connectivity index (χ4v) is 2.88. The Bertz CT molecular complexity index is 398. The molecule has 0 radical (unpaired) electrons. The Balaban J connectivity index is 2.02. The topological polar surface area (TPSA) is 15.3 Å². The van der Waals surface area contributed by atoms with Crippen molar-refractivity contribution in [2.45, 2.75) is 45.6 Å². The van der Waals surface area contributed by atoms with Gasteiger partial charge in [-0.05, 0) is 55.9 Å². The molecule has 2 rings (SSSR count). The summed E-state index contributed by atoms with van der Waals surface area (Å²) >= 11 is 0. The summed E-state index contributed by atoms with van der Waals surface area (Å²) in [5.41, 5.74) is 3.93. The minimum atomic E-state index is 0.679. The lowest BCUT2D eigenvalue weighted by Gasteiger charge is -2.19. The van der Waals surface area contributed by atoms with Crippen LogP contribution in [0, 0.1) is 12.8 Å². The smallest absolute Gasteiger partial charge is 0.0373 e. The summed E-state index contributed by atoms with van der Waals surface area (Å²) in [4.78, 5) is 2.15. The maximum absolute atomic E-state index is 3.72. The van der Waals surface area contributed by atoms with Crippen molar-refractivity contribution in [3.05, 3.63) is 23.8 Å². The van der Waals surface area contributed by atoms with Crippen LogP contribution in [-0.4, -0.2) is 20.1 Å². The van der Waals surface area contributed by atoms with E-state index in [9.17, 15) is 0 Å². The van der Waals surface area contributed by atoms with Crippen molar-refractivity contribution >= 4 is 11.4 Å². The first kappa shape index (κ1) is 13.3. The lowest BCUT2D eigenvalue weighted by atomic mass is 10.1. The van der Waals surface area contributed by atoms with Crippen LogP contribution in [0.25, 0.3) is 0 Å². The number of aryl methyl sites for hydroxylation is 1. The SMILES string of the molecule is CCC1CCC(Nc2ccc(N(C)C)cc2C)C1. The highest BCUT2D eigenvalue weighted by Crippen LogP contribution is 2.31. The summed E-state index contributed by atoms with van der Waals surface area (Å²) in [6.07, 6.45) is 5.39. The second kappa shape index (κ2) is 5.64.